The number of nitrogens with one attached hydrogen (secondary N) is 1. The highest BCUT2D eigenvalue weighted by atomic mass is 32.2. The number of hydrogen-bond acceptors (Lipinski definition) is 5. The summed E-state index contributed by atoms with van der Waals surface area (Å²) in [7, 11) is -3.56. The Balaban J connectivity index is 1.54. The average Bonchev–Trinajstić information content (AvgIpc) is 2.96. The second kappa shape index (κ2) is 7.00. The summed E-state index contributed by atoms with van der Waals surface area (Å²) < 4.78 is 27.8. The number of nitrogens with zero attached hydrogens (tertiary/aromatic N) is 2. The molecule has 1 saturated carbocycles. The minimum Gasteiger partial charge on any atom is -0.302 e. The van der Waals surface area contributed by atoms with Crippen molar-refractivity contribution in [1.29, 1.82) is 0 Å². The predicted octanol–water partition coefficient (Wildman–Crippen LogP) is 3.25. The lowest BCUT2D eigenvalue weighted by atomic mass is 9.85. The summed E-state index contributed by atoms with van der Waals surface area (Å²) in [6.07, 6.45) is 3.56. The molecule has 1 aliphatic heterocycles. The van der Waals surface area contributed by atoms with Gasteiger partial charge in [-0.25, -0.2) is 13.4 Å². The molecule has 6 nitrogen and oxygen atoms in total. The van der Waals surface area contributed by atoms with E-state index in [9.17, 15) is 13.2 Å². The van der Waals surface area contributed by atoms with E-state index in [1.165, 1.54) is 15.6 Å². The Morgan fingerprint density at radius 1 is 1.30 bits per heavy atom. The van der Waals surface area contributed by atoms with Crippen LogP contribution in [0.2, 0.25) is 0 Å². The molecular weight excluding hydrogens is 382 g/mol. The van der Waals surface area contributed by atoms with Crippen LogP contribution in [0, 0.1) is 19.8 Å². The summed E-state index contributed by atoms with van der Waals surface area (Å²) in [5, 5.41) is 3.49. The molecule has 1 fully saturated rings. The number of aryl methyl sites for hydroxylation is 2. The van der Waals surface area contributed by atoms with Crippen molar-refractivity contribution in [2.45, 2.75) is 51.0 Å². The van der Waals surface area contributed by atoms with Gasteiger partial charge in [0, 0.05) is 23.8 Å². The van der Waals surface area contributed by atoms with Gasteiger partial charge in [0.1, 0.15) is 0 Å². The van der Waals surface area contributed by atoms with E-state index in [1.54, 1.807) is 6.07 Å². The van der Waals surface area contributed by atoms with Crippen LogP contribution in [0.5, 0.6) is 0 Å². The van der Waals surface area contributed by atoms with Crippen molar-refractivity contribution in [1.82, 2.24) is 9.29 Å². The van der Waals surface area contributed by atoms with Crippen LogP contribution in [0.15, 0.2) is 23.1 Å². The number of benzene rings is 1. The van der Waals surface area contributed by atoms with Crippen LogP contribution in [0.25, 0.3) is 0 Å². The van der Waals surface area contributed by atoms with Crippen molar-refractivity contribution in [2.75, 3.05) is 11.9 Å². The van der Waals surface area contributed by atoms with E-state index in [-0.39, 0.29) is 11.8 Å². The Kier molecular flexibility index (Phi) is 4.82. The molecule has 0 saturated heterocycles. The van der Waals surface area contributed by atoms with Crippen LogP contribution in [0.3, 0.4) is 0 Å². The third kappa shape index (κ3) is 3.53. The first-order chi connectivity index (χ1) is 12.8. The van der Waals surface area contributed by atoms with Gasteiger partial charge in [0.05, 0.1) is 17.1 Å². The van der Waals surface area contributed by atoms with E-state index in [2.05, 4.69) is 10.3 Å². The molecule has 0 spiro atoms. The van der Waals surface area contributed by atoms with Crippen molar-refractivity contribution in [3.63, 3.8) is 0 Å². The van der Waals surface area contributed by atoms with Crippen LogP contribution in [-0.2, 0) is 27.8 Å². The molecule has 2 heterocycles. The van der Waals surface area contributed by atoms with Gasteiger partial charge in [0.2, 0.25) is 15.9 Å². The molecule has 1 amide bonds. The Hall–Kier alpha value is -1.77. The van der Waals surface area contributed by atoms with Crippen LogP contribution >= 0.6 is 11.3 Å². The standard InChI is InChI=1S/C19H23N3O3S2/c1-12-6-7-13(2)17(10-12)27(24,25)22-9-8-15-16(11-22)26-19(20-15)21-18(23)14-4-3-5-14/h6-7,10,14H,3-5,8-9,11H2,1-2H3,(H,20,21,23). The summed E-state index contributed by atoms with van der Waals surface area (Å²) >= 11 is 1.39. The zero-order chi connectivity index (χ0) is 19.2. The van der Waals surface area contributed by atoms with Gasteiger partial charge >= 0.3 is 0 Å². The highest BCUT2D eigenvalue weighted by Crippen LogP contribution is 2.33. The van der Waals surface area contributed by atoms with Gasteiger partial charge in [-0.05, 0) is 43.9 Å². The highest BCUT2D eigenvalue weighted by Gasteiger charge is 2.32. The number of sulfonamides is 1. The maximum atomic E-state index is 13.1. The Morgan fingerprint density at radius 2 is 2.07 bits per heavy atom. The minimum absolute atomic E-state index is 0.0345. The molecule has 0 bridgehead atoms. The Bertz CT molecular complexity index is 994. The Labute approximate surface area is 163 Å². The summed E-state index contributed by atoms with van der Waals surface area (Å²) in [4.78, 5) is 17.9. The van der Waals surface area contributed by atoms with E-state index < -0.39 is 10.0 Å². The van der Waals surface area contributed by atoms with Crippen molar-refractivity contribution >= 4 is 32.4 Å². The quantitative estimate of drug-likeness (QED) is 0.847. The number of aromatic nitrogens is 1. The molecule has 8 heteroatoms. The summed E-state index contributed by atoms with van der Waals surface area (Å²) in [6, 6.07) is 5.50. The topological polar surface area (TPSA) is 79.4 Å². The zero-order valence-electron chi connectivity index (χ0n) is 15.5. The third-order valence-corrected chi connectivity index (χ3v) is 8.35. The number of hydrogen-bond donors (Lipinski definition) is 1. The molecule has 4 rings (SSSR count). The largest absolute Gasteiger partial charge is 0.302 e. The lowest BCUT2D eigenvalue weighted by Crippen LogP contribution is -2.35. The van der Waals surface area contributed by atoms with Gasteiger partial charge in [0.15, 0.2) is 5.13 Å². The fraction of sp³-hybridized carbons (Fsp3) is 0.474. The third-order valence-electron chi connectivity index (χ3n) is 5.36. The molecule has 0 radical (unpaired) electrons. The molecule has 1 aromatic heterocycles. The van der Waals surface area contributed by atoms with Gasteiger partial charge in [0.25, 0.3) is 0 Å². The zero-order valence-corrected chi connectivity index (χ0v) is 17.1. The SMILES string of the molecule is Cc1ccc(C)c(S(=O)(=O)N2CCc3nc(NC(=O)C4CCC4)sc3C2)c1. The van der Waals surface area contributed by atoms with Gasteiger partial charge in [-0.3, -0.25) is 4.79 Å². The van der Waals surface area contributed by atoms with Crippen molar-refractivity contribution in [3.8, 4) is 0 Å². The predicted molar refractivity (Wildman–Crippen MR) is 105 cm³/mol. The Morgan fingerprint density at radius 3 is 2.78 bits per heavy atom. The highest BCUT2D eigenvalue weighted by molar-refractivity contribution is 7.89. The fourth-order valence-corrected chi connectivity index (χ4v) is 6.26. The first kappa shape index (κ1) is 18.6. The molecule has 2 aromatic rings. The first-order valence-corrected chi connectivity index (χ1v) is 11.5. The van der Waals surface area contributed by atoms with E-state index >= 15 is 0 Å². The molecule has 1 aromatic carbocycles. The minimum atomic E-state index is -3.56. The molecule has 0 unspecified atom stereocenters. The van der Waals surface area contributed by atoms with E-state index in [4.69, 9.17) is 0 Å². The maximum Gasteiger partial charge on any atom is 0.243 e. The van der Waals surface area contributed by atoms with E-state index in [1.807, 2.05) is 26.0 Å². The summed E-state index contributed by atoms with van der Waals surface area (Å²) in [5.74, 6) is 0.138. The first-order valence-electron chi connectivity index (χ1n) is 9.21. The van der Waals surface area contributed by atoms with E-state index in [0.29, 0.717) is 29.5 Å². The van der Waals surface area contributed by atoms with Crippen LogP contribution in [-0.4, -0.2) is 30.2 Å². The molecule has 1 N–H and O–H groups in total. The van der Waals surface area contributed by atoms with Crippen molar-refractivity contribution in [2.24, 2.45) is 5.92 Å². The average molecular weight is 406 g/mol. The van der Waals surface area contributed by atoms with Crippen LogP contribution in [0.4, 0.5) is 5.13 Å². The number of rotatable bonds is 4. The number of anilines is 1. The molecule has 27 heavy (non-hydrogen) atoms. The van der Waals surface area contributed by atoms with Gasteiger partial charge in [-0.15, -0.1) is 11.3 Å². The number of carbonyl (C=O) groups excluding carboxylic acids is 1. The van der Waals surface area contributed by atoms with Crippen molar-refractivity contribution < 1.29 is 13.2 Å². The smallest absolute Gasteiger partial charge is 0.243 e. The number of thiazole rings is 1. The maximum absolute atomic E-state index is 13.1. The van der Waals surface area contributed by atoms with Crippen LogP contribution < -0.4 is 5.32 Å². The number of fused-ring (bicyclic) bond motifs is 1. The summed E-state index contributed by atoms with van der Waals surface area (Å²) in [6.45, 7) is 4.43. The van der Waals surface area contributed by atoms with Crippen LogP contribution in [0.1, 0.15) is 41.0 Å². The molecule has 0 atom stereocenters. The lowest BCUT2D eigenvalue weighted by molar-refractivity contribution is -0.122. The second-order valence-corrected chi connectivity index (χ2v) is 10.4. The number of carbonyl (C=O) groups is 1. The lowest BCUT2D eigenvalue weighted by Gasteiger charge is -2.26. The fourth-order valence-electron chi connectivity index (χ4n) is 3.43. The van der Waals surface area contributed by atoms with E-state index in [0.717, 1.165) is 41.0 Å². The number of amides is 1. The normalized spacial score (nSPS) is 18.0. The van der Waals surface area contributed by atoms with Gasteiger partial charge in [-0.1, -0.05) is 18.6 Å². The van der Waals surface area contributed by atoms with Gasteiger partial charge < -0.3 is 5.32 Å². The van der Waals surface area contributed by atoms with Gasteiger partial charge in [-0.2, -0.15) is 4.31 Å². The monoisotopic (exact) mass is 405 g/mol. The second-order valence-electron chi connectivity index (χ2n) is 7.36. The molecule has 144 valence electrons. The molecular formula is C19H23N3O3S2. The molecule has 2 aliphatic rings. The van der Waals surface area contributed by atoms with Crippen molar-refractivity contribution in [3.05, 3.63) is 39.9 Å². The summed E-state index contributed by atoms with van der Waals surface area (Å²) in [5.41, 5.74) is 2.58. The molecule has 1 aliphatic carbocycles.